The maximum absolute atomic E-state index is 4.62. The lowest BCUT2D eigenvalue weighted by Crippen LogP contribution is -1.83. The molecule has 0 unspecified atom stereocenters. The zero-order valence-corrected chi connectivity index (χ0v) is 3.60. The van der Waals surface area contributed by atoms with Crippen LogP contribution in [0.25, 0.3) is 0 Å². The monoisotopic (exact) mass is 86.0 g/mol. The van der Waals surface area contributed by atoms with Gasteiger partial charge in [0, 0.05) is 0 Å². The van der Waals surface area contributed by atoms with Crippen LogP contribution in [0.3, 0.4) is 0 Å². The predicted octanol–water partition coefficient (Wildman–Crippen LogP) is 0.545. The van der Waals surface area contributed by atoms with Crippen molar-refractivity contribution in [3.63, 3.8) is 0 Å². The van der Waals surface area contributed by atoms with Crippen LogP contribution in [0.1, 0.15) is 6.92 Å². The van der Waals surface area contributed by atoms with E-state index in [1.807, 2.05) is 6.11 Å². The Hall–Kier alpha value is -0.680. The number of hydrogen-bond donors (Lipinski definition) is 0. The molecule has 0 spiro atoms. The number of rotatable bonds is 2. The Morgan fingerprint density at radius 2 is 2.50 bits per heavy atom. The molecule has 0 fully saturated rings. The molecule has 6 heavy (non-hydrogen) atoms. The van der Waals surface area contributed by atoms with Crippen LogP contribution in [0.4, 0.5) is 0 Å². The van der Waals surface area contributed by atoms with Gasteiger partial charge in [-0.3, -0.25) is 4.89 Å². The first kappa shape index (κ1) is 5.32. The molecule has 0 aromatic carbocycles. The first-order chi connectivity index (χ1) is 2.91. The Morgan fingerprint density at radius 3 is 2.67 bits per heavy atom. The molecule has 0 saturated carbocycles. The summed E-state index contributed by atoms with van der Waals surface area (Å²) in [5.74, 6) is 0. The summed E-state index contributed by atoms with van der Waals surface area (Å²) < 4.78 is 0. The third-order valence-electron chi connectivity index (χ3n) is 0.225. The fourth-order valence-corrected chi connectivity index (χ4v) is 0.0929. The van der Waals surface area contributed by atoms with Crippen molar-refractivity contribution in [2.75, 3.05) is 6.61 Å². The average Bonchev–Trinajstić information content (AvgIpc) is 1.61. The standard InChI is InChI=1S/C4H6O2/c1-3-5-6-4-2/h1H,4H2,2H3. The van der Waals surface area contributed by atoms with Crippen LogP contribution in [0.2, 0.25) is 0 Å². The lowest BCUT2D eigenvalue weighted by molar-refractivity contribution is -0.231. The minimum absolute atomic E-state index is 0.490. The molecule has 0 N–H and O–H groups in total. The molecule has 0 atom stereocenters. The summed E-state index contributed by atoms with van der Waals surface area (Å²) in [6.45, 7) is 2.28. The second kappa shape index (κ2) is 4.32. The van der Waals surface area contributed by atoms with Gasteiger partial charge in [0.05, 0.1) is 6.61 Å². The van der Waals surface area contributed by atoms with E-state index in [0.29, 0.717) is 6.61 Å². The van der Waals surface area contributed by atoms with E-state index >= 15 is 0 Å². The van der Waals surface area contributed by atoms with Crippen LogP contribution >= 0.6 is 0 Å². The summed E-state index contributed by atoms with van der Waals surface area (Å²) in [4.78, 5) is 8.26. The fourth-order valence-electron chi connectivity index (χ4n) is 0.0929. The quantitative estimate of drug-likeness (QED) is 0.211. The summed E-state index contributed by atoms with van der Waals surface area (Å²) in [7, 11) is 0. The van der Waals surface area contributed by atoms with Crippen molar-refractivity contribution in [1.82, 2.24) is 0 Å². The Balaban J connectivity index is 2.54. The third-order valence-corrected chi connectivity index (χ3v) is 0.225. The summed E-state index contributed by atoms with van der Waals surface area (Å²) in [5.41, 5.74) is 0. The maximum Gasteiger partial charge on any atom is 0.153 e. The van der Waals surface area contributed by atoms with Crippen LogP contribution in [-0.2, 0) is 9.78 Å². The van der Waals surface area contributed by atoms with Crippen LogP contribution in [0, 0.1) is 12.5 Å². The highest BCUT2D eigenvalue weighted by atomic mass is 17.2. The van der Waals surface area contributed by atoms with Gasteiger partial charge in [0.2, 0.25) is 0 Å². The van der Waals surface area contributed by atoms with E-state index in [2.05, 4.69) is 16.2 Å². The Kier molecular flexibility index (Phi) is 3.83. The first-order valence-corrected chi connectivity index (χ1v) is 1.66. The predicted molar refractivity (Wildman–Crippen MR) is 21.5 cm³/mol. The van der Waals surface area contributed by atoms with E-state index in [1.165, 1.54) is 0 Å². The molecule has 0 saturated heterocycles. The van der Waals surface area contributed by atoms with E-state index in [1.54, 1.807) is 6.92 Å². The van der Waals surface area contributed by atoms with Crippen LogP contribution in [0.15, 0.2) is 0 Å². The van der Waals surface area contributed by atoms with Crippen molar-refractivity contribution in [1.29, 1.82) is 0 Å². The molecular weight excluding hydrogens is 80.0 g/mol. The summed E-state index contributed by atoms with van der Waals surface area (Å²) in [5, 5.41) is 0. The van der Waals surface area contributed by atoms with Crippen molar-refractivity contribution in [3.05, 3.63) is 0 Å². The first-order valence-electron chi connectivity index (χ1n) is 1.66. The van der Waals surface area contributed by atoms with Crippen LogP contribution in [-0.4, -0.2) is 6.61 Å². The summed E-state index contributed by atoms with van der Waals surface area (Å²) >= 11 is 0. The van der Waals surface area contributed by atoms with Crippen molar-refractivity contribution >= 4 is 0 Å². The molecule has 0 rings (SSSR count). The molecule has 0 aliphatic carbocycles. The lowest BCUT2D eigenvalue weighted by atomic mass is 10.9. The number of terminal acetylenes is 1. The van der Waals surface area contributed by atoms with Gasteiger partial charge in [0.25, 0.3) is 0 Å². The zero-order chi connectivity index (χ0) is 4.83. The average molecular weight is 86.1 g/mol. The SMILES string of the molecule is C#COOCC. The fraction of sp³-hybridized carbons (Fsp3) is 0.500. The van der Waals surface area contributed by atoms with Crippen molar-refractivity contribution < 1.29 is 9.78 Å². The molecule has 0 bridgehead atoms. The van der Waals surface area contributed by atoms with E-state index in [0.717, 1.165) is 0 Å². The van der Waals surface area contributed by atoms with E-state index in [9.17, 15) is 0 Å². The summed E-state index contributed by atoms with van der Waals surface area (Å²) in [6, 6.07) is 0. The highest BCUT2D eigenvalue weighted by Gasteiger charge is 1.67. The summed E-state index contributed by atoms with van der Waals surface area (Å²) in [6.07, 6.45) is 6.46. The molecule has 34 valence electrons. The van der Waals surface area contributed by atoms with Gasteiger partial charge < -0.3 is 0 Å². The topological polar surface area (TPSA) is 18.5 Å². The second-order valence-electron chi connectivity index (χ2n) is 0.608. The number of hydrogen-bond acceptors (Lipinski definition) is 2. The van der Waals surface area contributed by atoms with Gasteiger partial charge in [-0.25, -0.2) is 0 Å². The van der Waals surface area contributed by atoms with Gasteiger partial charge in [-0.15, -0.1) is 0 Å². The van der Waals surface area contributed by atoms with Crippen molar-refractivity contribution in [2.45, 2.75) is 6.92 Å². The molecule has 0 aliphatic heterocycles. The van der Waals surface area contributed by atoms with Gasteiger partial charge in [-0.05, 0) is 6.92 Å². The molecule has 0 aromatic rings. The molecular formula is C4H6O2. The third kappa shape index (κ3) is 3.32. The van der Waals surface area contributed by atoms with E-state index < -0.39 is 0 Å². The lowest BCUT2D eigenvalue weighted by Gasteiger charge is -1.86. The Labute approximate surface area is 37.0 Å². The van der Waals surface area contributed by atoms with Crippen molar-refractivity contribution in [3.8, 4) is 12.5 Å². The smallest absolute Gasteiger partial charge is 0.153 e. The molecule has 0 radical (unpaired) electrons. The van der Waals surface area contributed by atoms with E-state index in [-0.39, 0.29) is 0 Å². The highest BCUT2D eigenvalue weighted by Crippen LogP contribution is 1.68. The highest BCUT2D eigenvalue weighted by molar-refractivity contribution is 4.64. The minimum atomic E-state index is 0.490. The second-order valence-corrected chi connectivity index (χ2v) is 0.608. The molecule has 2 heteroatoms. The Morgan fingerprint density at radius 1 is 1.83 bits per heavy atom. The minimum Gasteiger partial charge on any atom is -0.283 e. The maximum atomic E-state index is 4.62. The molecule has 2 nitrogen and oxygen atoms in total. The Bertz CT molecular complexity index is 53.1. The van der Waals surface area contributed by atoms with Gasteiger partial charge >= 0.3 is 0 Å². The molecule has 0 amide bonds. The zero-order valence-electron chi connectivity index (χ0n) is 3.60. The molecule has 0 heterocycles. The van der Waals surface area contributed by atoms with Gasteiger partial charge in [0.1, 0.15) is 0 Å². The van der Waals surface area contributed by atoms with E-state index in [4.69, 9.17) is 0 Å². The van der Waals surface area contributed by atoms with Crippen LogP contribution in [0.5, 0.6) is 0 Å². The van der Waals surface area contributed by atoms with Crippen molar-refractivity contribution in [2.24, 2.45) is 0 Å². The van der Waals surface area contributed by atoms with Gasteiger partial charge in [-0.1, -0.05) is 6.42 Å². The normalized spacial score (nSPS) is 6.67. The van der Waals surface area contributed by atoms with Gasteiger partial charge in [-0.2, -0.15) is 4.89 Å². The van der Waals surface area contributed by atoms with Gasteiger partial charge in [0.15, 0.2) is 6.11 Å². The molecule has 0 aromatic heterocycles. The van der Waals surface area contributed by atoms with Crippen LogP contribution < -0.4 is 0 Å². The molecule has 0 aliphatic rings. The largest absolute Gasteiger partial charge is 0.283 e.